The zero-order chi connectivity index (χ0) is 18.9. The molecule has 1 unspecified atom stereocenters. The van der Waals surface area contributed by atoms with Gasteiger partial charge >= 0.3 is 5.97 Å². The molecule has 3 N–H and O–H groups in total. The molecular formula is C21H40O4. The van der Waals surface area contributed by atoms with E-state index in [2.05, 4.69) is 0 Å². The Labute approximate surface area is 154 Å². The minimum Gasteiger partial charge on any atom is -0.478 e. The lowest BCUT2D eigenvalue weighted by molar-refractivity contribution is -0.132. The van der Waals surface area contributed by atoms with Crippen LogP contribution in [0.2, 0.25) is 0 Å². The molecule has 0 fully saturated rings. The molecule has 0 heterocycles. The Kier molecular flexibility index (Phi) is 16.0. The van der Waals surface area contributed by atoms with E-state index in [0.29, 0.717) is 18.6 Å². The van der Waals surface area contributed by atoms with Crippen LogP contribution in [0.15, 0.2) is 11.1 Å². The first-order valence-corrected chi connectivity index (χ1v) is 10.2. The second-order valence-electron chi connectivity index (χ2n) is 7.24. The SMILES string of the molecule is CC(C(=O)O)=C(C)C(O)CCCCCCCCCCCCCCCO. The molecule has 0 spiro atoms. The molecule has 0 aromatic heterocycles. The van der Waals surface area contributed by atoms with Crippen LogP contribution in [0.3, 0.4) is 0 Å². The highest BCUT2D eigenvalue weighted by Crippen LogP contribution is 2.17. The Morgan fingerprint density at radius 3 is 1.44 bits per heavy atom. The summed E-state index contributed by atoms with van der Waals surface area (Å²) >= 11 is 0. The molecule has 0 saturated heterocycles. The van der Waals surface area contributed by atoms with E-state index in [-0.39, 0.29) is 5.57 Å². The summed E-state index contributed by atoms with van der Waals surface area (Å²) in [5, 5.41) is 27.6. The quantitative estimate of drug-likeness (QED) is 0.246. The van der Waals surface area contributed by atoms with Gasteiger partial charge in [-0.05, 0) is 32.3 Å². The normalized spacial score (nSPS) is 13.6. The number of aliphatic hydroxyl groups is 2. The van der Waals surface area contributed by atoms with Crippen molar-refractivity contribution in [3.05, 3.63) is 11.1 Å². The summed E-state index contributed by atoms with van der Waals surface area (Å²) < 4.78 is 0. The summed E-state index contributed by atoms with van der Waals surface area (Å²) in [4.78, 5) is 10.9. The van der Waals surface area contributed by atoms with Gasteiger partial charge in [0.2, 0.25) is 0 Å². The van der Waals surface area contributed by atoms with Gasteiger partial charge in [0, 0.05) is 12.2 Å². The molecule has 0 aromatic rings. The maximum atomic E-state index is 10.9. The molecule has 0 aliphatic carbocycles. The molecule has 4 nitrogen and oxygen atoms in total. The molecule has 0 bridgehead atoms. The molecule has 4 heteroatoms. The number of hydrogen-bond donors (Lipinski definition) is 3. The van der Waals surface area contributed by atoms with Crippen LogP contribution in [0.25, 0.3) is 0 Å². The van der Waals surface area contributed by atoms with E-state index in [4.69, 9.17) is 10.2 Å². The van der Waals surface area contributed by atoms with E-state index in [9.17, 15) is 9.90 Å². The van der Waals surface area contributed by atoms with Crippen LogP contribution in [0, 0.1) is 0 Å². The standard InChI is InChI=1S/C21H40O4/c1-18(19(2)21(24)25)20(23)16-14-12-10-8-6-4-3-5-7-9-11-13-15-17-22/h20,22-23H,3-17H2,1-2H3,(H,24,25). The number of hydrogen-bond acceptors (Lipinski definition) is 3. The summed E-state index contributed by atoms with van der Waals surface area (Å²) in [5.74, 6) is -0.943. The third-order valence-electron chi connectivity index (χ3n) is 5.05. The summed E-state index contributed by atoms with van der Waals surface area (Å²) in [5.41, 5.74) is 0.852. The number of carboxylic acid groups (broad SMARTS) is 1. The number of aliphatic hydroxyl groups excluding tert-OH is 2. The van der Waals surface area contributed by atoms with Crippen LogP contribution < -0.4 is 0 Å². The van der Waals surface area contributed by atoms with Gasteiger partial charge in [0.1, 0.15) is 0 Å². The summed E-state index contributed by atoms with van der Waals surface area (Å²) in [6, 6.07) is 0. The smallest absolute Gasteiger partial charge is 0.331 e. The second kappa shape index (κ2) is 16.6. The van der Waals surface area contributed by atoms with Crippen molar-refractivity contribution in [1.82, 2.24) is 0 Å². The fraction of sp³-hybridized carbons (Fsp3) is 0.857. The average Bonchev–Trinajstić information content (AvgIpc) is 2.60. The zero-order valence-corrected chi connectivity index (χ0v) is 16.4. The molecule has 25 heavy (non-hydrogen) atoms. The van der Waals surface area contributed by atoms with Crippen LogP contribution >= 0.6 is 0 Å². The van der Waals surface area contributed by atoms with Gasteiger partial charge in [-0.1, -0.05) is 77.0 Å². The highest BCUT2D eigenvalue weighted by Gasteiger charge is 2.12. The predicted octanol–water partition coefficient (Wildman–Crippen LogP) is 5.22. The van der Waals surface area contributed by atoms with Crippen molar-refractivity contribution in [3.63, 3.8) is 0 Å². The van der Waals surface area contributed by atoms with Gasteiger partial charge in [-0.25, -0.2) is 4.79 Å². The van der Waals surface area contributed by atoms with Crippen molar-refractivity contribution in [2.75, 3.05) is 6.61 Å². The molecule has 0 aliphatic rings. The van der Waals surface area contributed by atoms with Crippen LogP contribution in [-0.4, -0.2) is 34.0 Å². The number of rotatable bonds is 17. The van der Waals surface area contributed by atoms with E-state index < -0.39 is 12.1 Å². The Balaban J connectivity index is 3.39. The second-order valence-corrected chi connectivity index (χ2v) is 7.24. The van der Waals surface area contributed by atoms with Crippen LogP contribution in [0.1, 0.15) is 104 Å². The minimum absolute atomic E-state index is 0.265. The van der Waals surface area contributed by atoms with Crippen LogP contribution in [0.4, 0.5) is 0 Å². The van der Waals surface area contributed by atoms with Gasteiger partial charge in [0.15, 0.2) is 0 Å². The van der Waals surface area contributed by atoms with Crippen LogP contribution in [0.5, 0.6) is 0 Å². The molecule has 0 aliphatic heterocycles. The molecule has 0 saturated carbocycles. The topological polar surface area (TPSA) is 77.8 Å². The lowest BCUT2D eigenvalue weighted by atomic mass is 9.99. The van der Waals surface area contributed by atoms with Crippen molar-refractivity contribution in [3.8, 4) is 0 Å². The zero-order valence-electron chi connectivity index (χ0n) is 16.4. The van der Waals surface area contributed by atoms with Crippen molar-refractivity contribution >= 4 is 5.97 Å². The van der Waals surface area contributed by atoms with E-state index in [0.717, 1.165) is 25.7 Å². The van der Waals surface area contributed by atoms with Gasteiger partial charge in [0.25, 0.3) is 0 Å². The fourth-order valence-corrected chi connectivity index (χ4v) is 3.03. The van der Waals surface area contributed by atoms with E-state index in [1.54, 1.807) is 13.8 Å². The first kappa shape index (κ1) is 24.1. The molecule has 0 rings (SSSR count). The molecular weight excluding hydrogens is 316 g/mol. The highest BCUT2D eigenvalue weighted by atomic mass is 16.4. The maximum Gasteiger partial charge on any atom is 0.331 e. The summed E-state index contributed by atoms with van der Waals surface area (Å²) in [7, 11) is 0. The minimum atomic E-state index is -0.943. The number of carbonyl (C=O) groups is 1. The van der Waals surface area contributed by atoms with Crippen molar-refractivity contribution in [2.24, 2.45) is 0 Å². The Hall–Kier alpha value is -0.870. The van der Waals surface area contributed by atoms with Gasteiger partial charge in [-0.3, -0.25) is 0 Å². The van der Waals surface area contributed by atoms with E-state index in [1.807, 2.05) is 0 Å². The van der Waals surface area contributed by atoms with Crippen molar-refractivity contribution < 1.29 is 20.1 Å². The average molecular weight is 357 g/mol. The Morgan fingerprint density at radius 2 is 1.08 bits per heavy atom. The van der Waals surface area contributed by atoms with Crippen molar-refractivity contribution in [1.29, 1.82) is 0 Å². The molecule has 0 radical (unpaired) electrons. The Bertz CT molecular complexity index is 363. The maximum absolute atomic E-state index is 10.9. The molecule has 148 valence electrons. The third kappa shape index (κ3) is 14.0. The van der Waals surface area contributed by atoms with Gasteiger partial charge in [-0.15, -0.1) is 0 Å². The molecule has 0 amide bonds. The third-order valence-corrected chi connectivity index (χ3v) is 5.05. The Morgan fingerprint density at radius 1 is 0.720 bits per heavy atom. The number of aliphatic carboxylic acids is 1. The first-order chi connectivity index (χ1) is 12.0. The lowest BCUT2D eigenvalue weighted by Crippen LogP contribution is -2.13. The summed E-state index contributed by atoms with van der Waals surface area (Å²) in [6.45, 7) is 3.59. The van der Waals surface area contributed by atoms with Gasteiger partial charge in [0.05, 0.1) is 6.10 Å². The summed E-state index contributed by atoms with van der Waals surface area (Å²) in [6.07, 6.45) is 15.9. The number of carboxylic acids is 1. The van der Waals surface area contributed by atoms with E-state index >= 15 is 0 Å². The predicted molar refractivity (Wildman–Crippen MR) is 104 cm³/mol. The monoisotopic (exact) mass is 356 g/mol. The van der Waals surface area contributed by atoms with E-state index in [1.165, 1.54) is 57.8 Å². The molecule has 0 aromatic carbocycles. The van der Waals surface area contributed by atoms with Crippen LogP contribution in [-0.2, 0) is 4.79 Å². The van der Waals surface area contributed by atoms with Crippen molar-refractivity contribution in [2.45, 2.75) is 110 Å². The largest absolute Gasteiger partial charge is 0.478 e. The number of unbranched alkanes of at least 4 members (excludes halogenated alkanes) is 12. The highest BCUT2D eigenvalue weighted by molar-refractivity contribution is 5.86. The molecule has 1 atom stereocenters. The lowest BCUT2D eigenvalue weighted by Gasteiger charge is -2.12. The fourth-order valence-electron chi connectivity index (χ4n) is 3.03. The van der Waals surface area contributed by atoms with Gasteiger partial charge in [-0.2, -0.15) is 0 Å². The van der Waals surface area contributed by atoms with Gasteiger partial charge < -0.3 is 15.3 Å². The first-order valence-electron chi connectivity index (χ1n) is 10.2.